The summed E-state index contributed by atoms with van der Waals surface area (Å²) in [6, 6.07) is 0. The number of carbonyl (C=O) groups excluding carboxylic acids is 1. The van der Waals surface area contributed by atoms with Crippen molar-refractivity contribution in [2.75, 3.05) is 14.2 Å². The Morgan fingerprint density at radius 1 is 0.964 bits per heavy atom. The number of fused-ring (bicyclic) bond motifs is 5. The van der Waals surface area contributed by atoms with E-state index in [1.807, 2.05) is 0 Å². The predicted octanol–water partition coefficient (Wildman–Crippen LogP) is 4.79. The first kappa shape index (κ1) is 21.9. The van der Waals surface area contributed by atoms with Crippen LogP contribution < -0.4 is 5.32 Å². The van der Waals surface area contributed by atoms with Crippen LogP contribution in [0.1, 0.15) is 64.7 Å². The fraction of sp³-hybridized carbons (Fsp3) is 0.955. The van der Waals surface area contributed by atoms with E-state index in [0.29, 0.717) is 36.5 Å². The summed E-state index contributed by atoms with van der Waals surface area (Å²) in [6.45, 7) is 2.31. The molecule has 0 radical (unpaired) electrons. The first-order chi connectivity index (χ1) is 13.3. The molecule has 6 heteroatoms. The second kappa shape index (κ2) is 8.16. The van der Waals surface area contributed by atoms with Gasteiger partial charge in [-0.25, -0.2) is 0 Å². The fourth-order valence-electron chi connectivity index (χ4n) is 7.76. The summed E-state index contributed by atoms with van der Waals surface area (Å²) in [5.74, 6) is 1.83. The van der Waals surface area contributed by atoms with Gasteiger partial charge in [0.1, 0.15) is 0 Å². The van der Waals surface area contributed by atoms with Crippen LogP contribution in [0.25, 0.3) is 0 Å². The molecule has 4 aliphatic rings. The second-order valence-electron chi connectivity index (χ2n) is 9.78. The van der Waals surface area contributed by atoms with Crippen molar-refractivity contribution in [3.63, 3.8) is 0 Å². The van der Waals surface area contributed by atoms with Crippen molar-refractivity contribution in [3.05, 3.63) is 0 Å². The van der Waals surface area contributed by atoms with Gasteiger partial charge in [0.15, 0.2) is 0 Å². The molecule has 3 nitrogen and oxygen atoms in total. The van der Waals surface area contributed by atoms with E-state index in [2.05, 4.69) is 12.2 Å². The smallest absolute Gasteiger partial charge is 0.391 e. The zero-order valence-corrected chi connectivity index (χ0v) is 17.4. The molecule has 4 saturated carbocycles. The van der Waals surface area contributed by atoms with Gasteiger partial charge in [-0.05, 0) is 92.8 Å². The Hall–Kier alpha value is -0.780. The summed E-state index contributed by atoms with van der Waals surface area (Å²) in [5.41, 5.74) is 0.0945. The van der Waals surface area contributed by atoms with Crippen LogP contribution in [0.4, 0.5) is 13.2 Å². The minimum Gasteiger partial charge on any atom is -0.400 e. The molecule has 4 aliphatic carbocycles. The van der Waals surface area contributed by atoms with Crippen LogP contribution in [0, 0.1) is 46.8 Å². The minimum absolute atomic E-state index is 0.0945. The van der Waals surface area contributed by atoms with Gasteiger partial charge in [0.25, 0.3) is 0 Å². The Morgan fingerprint density at radius 2 is 1.64 bits per heavy atom. The molecule has 8 unspecified atom stereocenters. The van der Waals surface area contributed by atoms with Gasteiger partial charge in [0.2, 0.25) is 5.91 Å². The fourth-order valence-corrected chi connectivity index (χ4v) is 7.76. The summed E-state index contributed by atoms with van der Waals surface area (Å²) in [4.78, 5) is 12.4. The van der Waals surface area contributed by atoms with E-state index in [0.717, 1.165) is 52.1 Å². The number of hydrogen-bond acceptors (Lipinski definition) is 2. The molecule has 0 aliphatic heterocycles. The van der Waals surface area contributed by atoms with Gasteiger partial charge < -0.3 is 10.4 Å². The molecule has 4 rings (SSSR count). The number of nitrogens with one attached hydrogen (secondary N) is 1. The monoisotopic (exact) mass is 403 g/mol. The van der Waals surface area contributed by atoms with Gasteiger partial charge in [-0.15, -0.1) is 0 Å². The van der Waals surface area contributed by atoms with Crippen molar-refractivity contribution in [1.82, 2.24) is 5.32 Å². The van der Waals surface area contributed by atoms with Crippen LogP contribution in [0.5, 0.6) is 0 Å². The molecule has 0 heterocycles. The maximum Gasteiger partial charge on any atom is 0.391 e. The average molecular weight is 404 g/mol. The van der Waals surface area contributed by atoms with E-state index in [-0.39, 0.29) is 23.2 Å². The molecule has 0 aromatic carbocycles. The van der Waals surface area contributed by atoms with E-state index >= 15 is 0 Å². The van der Waals surface area contributed by atoms with E-state index in [9.17, 15) is 18.0 Å². The molecule has 0 aromatic rings. The lowest BCUT2D eigenvalue weighted by Gasteiger charge is -2.56. The summed E-state index contributed by atoms with van der Waals surface area (Å²) in [6.07, 6.45) is 3.78. The van der Waals surface area contributed by atoms with Gasteiger partial charge in [0, 0.05) is 20.1 Å². The van der Waals surface area contributed by atoms with Crippen molar-refractivity contribution in [2.45, 2.75) is 70.9 Å². The number of rotatable bonds is 1. The highest BCUT2D eigenvalue weighted by atomic mass is 19.4. The third-order valence-electron chi connectivity index (χ3n) is 8.98. The Labute approximate surface area is 166 Å². The van der Waals surface area contributed by atoms with Crippen LogP contribution >= 0.6 is 0 Å². The number of carbonyl (C=O) groups is 1. The van der Waals surface area contributed by atoms with Gasteiger partial charge in [-0.2, -0.15) is 13.2 Å². The molecule has 28 heavy (non-hydrogen) atoms. The maximum absolute atomic E-state index is 13.2. The van der Waals surface area contributed by atoms with Crippen LogP contribution in [0.2, 0.25) is 0 Å². The van der Waals surface area contributed by atoms with E-state index in [1.54, 1.807) is 7.05 Å². The highest BCUT2D eigenvalue weighted by Gasteiger charge is 2.59. The summed E-state index contributed by atoms with van der Waals surface area (Å²) in [5, 5.41) is 9.86. The lowest BCUT2D eigenvalue weighted by molar-refractivity contribution is -0.196. The number of hydrogen-bond donors (Lipinski definition) is 2. The molecule has 2 N–H and O–H groups in total. The van der Waals surface area contributed by atoms with Gasteiger partial charge in [-0.3, -0.25) is 4.79 Å². The van der Waals surface area contributed by atoms with Crippen LogP contribution in [0.15, 0.2) is 0 Å². The third-order valence-corrected chi connectivity index (χ3v) is 8.98. The summed E-state index contributed by atoms with van der Waals surface area (Å²) >= 11 is 0. The minimum atomic E-state index is -4.01. The van der Waals surface area contributed by atoms with Crippen molar-refractivity contribution in [3.8, 4) is 0 Å². The summed E-state index contributed by atoms with van der Waals surface area (Å²) < 4.78 is 39.5. The normalized spacial score (nSPS) is 45.0. The number of halogens is 3. The Balaban J connectivity index is 0.00000109. The zero-order chi connectivity index (χ0) is 20.7. The Kier molecular flexibility index (Phi) is 6.38. The number of alkyl halides is 3. The van der Waals surface area contributed by atoms with Crippen molar-refractivity contribution in [1.29, 1.82) is 0 Å². The summed E-state index contributed by atoms with van der Waals surface area (Å²) in [7, 11) is 2.73. The van der Waals surface area contributed by atoms with Crippen LogP contribution in [-0.4, -0.2) is 31.3 Å². The number of amides is 1. The van der Waals surface area contributed by atoms with Gasteiger partial charge >= 0.3 is 6.18 Å². The van der Waals surface area contributed by atoms with Crippen LogP contribution in [0.3, 0.4) is 0 Å². The standard InChI is InChI=1S/C21H32F3NO.CH4O/c1-20-10-9-15-14-6-4-13(21(22,23)24)11-12(14)3-5-16(15)17(20)7-8-18(20)19(26)25-2;1-2/h12-18H,3-11H2,1-2H3,(H,25,26);2H,1H3. The van der Waals surface area contributed by atoms with Gasteiger partial charge in [0.05, 0.1) is 5.92 Å². The van der Waals surface area contributed by atoms with Crippen molar-refractivity contribution in [2.24, 2.45) is 46.8 Å². The van der Waals surface area contributed by atoms with Crippen molar-refractivity contribution >= 4 is 5.91 Å². The Morgan fingerprint density at radius 3 is 2.29 bits per heavy atom. The van der Waals surface area contributed by atoms with E-state index in [4.69, 9.17) is 5.11 Å². The molecule has 8 atom stereocenters. The van der Waals surface area contributed by atoms with E-state index in [1.165, 1.54) is 0 Å². The third kappa shape index (κ3) is 3.59. The topological polar surface area (TPSA) is 49.3 Å². The molecular weight excluding hydrogens is 367 g/mol. The largest absolute Gasteiger partial charge is 0.400 e. The quantitative estimate of drug-likeness (QED) is 0.661. The Bertz CT molecular complexity index is 566. The highest BCUT2D eigenvalue weighted by Crippen LogP contribution is 2.64. The SMILES string of the molecule is CNC(=O)C1CCC2C3CCC4CC(C(F)(F)F)CCC4C3CCC12C.CO. The molecule has 0 spiro atoms. The molecule has 4 fully saturated rings. The number of aliphatic hydroxyl groups excluding tert-OH is 1. The van der Waals surface area contributed by atoms with Gasteiger partial charge in [-0.1, -0.05) is 6.92 Å². The first-order valence-electron chi connectivity index (χ1n) is 11.0. The molecular formula is C22H36F3NO2. The molecule has 0 saturated heterocycles. The lowest BCUT2D eigenvalue weighted by Crippen LogP contribution is -2.50. The molecule has 0 aromatic heterocycles. The number of aliphatic hydroxyl groups is 1. The average Bonchev–Trinajstić information content (AvgIpc) is 3.04. The molecule has 1 amide bonds. The highest BCUT2D eigenvalue weighted by molar-refractivity contribution is 5.79. The molecule has 0 bridgehead atoms. The molecule has 162 valence electrons. The predicted molar refractivity (Wildman–Crippen MR) is 102 cm³/mol. The zero-order valence-electron chi connectivity index (χ0n) is 17.4. The van der Waals surface area contributed by atoms with Crippen molar-refractivity contribution < 1.29 is 23.1 Å². The lowest BCUT2D eigenvalue weighted by atomic mass is 9.49. The maximum atomic E-state index is 13.2. The first-order valence-corrected chi connectivity index (χ1v) is 11.0. The second-order valence-corrected chi connectivity index (χ2v) is 9.78. The van der Waals surface area contributed by atoms with Crippen LogP contribution in [-0.2, 0) is 4.79 Å². The van der Waals surface area contributed by atoms with E-state index < -0.39 is 12.1 Å².